The first-order valence-electron chi connectivity index (χ1n) is 5.92. The predicted molar refractivity (Wildman–Crippen MR) is 79.4 cm³/mol. The van der Waals surface area contributed by atoms with Crippen LogP contribution in [0.1, 0.15) is 12.5 Å². The zero-order valence-corrected chi connectivity index (χ0v) is 12.3. The molecule has 0 aliphatic carbocycles. The van der Waals surface area contributed by atoms with Gasteiger partial charge in [-0.1, -0.05) is 41.6 Å². The van der Waals surface area contributed by atoms with Gasteiger partial charge in [0.1, 0.15) is 0 Å². The zero-order chi connectivity index (χ0) is 14.5. The highest BCUT2D eigenvalue weighted by atomic mass is 35.5. The number of nitrogen functional groups attached to an aromatic ring is 1. The normalized spacial score (nSPS) is 12.1. The quantitative estimate of drug-likeness (QED) is 0.732. The maximum atomic E-state index is 12.0. The molecular weight excluding hydrogens is 298 g/mol. The smallest absolute Gasteiger partial charge is 0.233 e. The lowest BCUT2D eigenvalue weighted by Gasteiger charge is -2.10. The lowest BCUT2D eigenvalue weighted by atomic mass is 10.2. The average molecular weight is 312 g/mol. The second kappa shape index (κ2) is 6.62. The van der Waals surface area contributed by atoms with Crippen LogP contribution in [0.15, 0.2) is 29.4 Å². The number of nitrogens with zero attached hydrogens (tertiary/aromatic N) is 2. The van der Waals surface area contributed by atoms with E-state index in [2.05, 4.69) is 20.5 Å². The number of H-pyrrole nitrogens is 1. The van der Waals surface area contributed by atoms with E-state index >= 15 is 0 Å². The van der Waals surface area contributed by atoms with Crippen molar-refractivity contribution in [2.45, 2.75) is 23.9 Å². The number of benzene rings is 1. The molecule has 20 heavy (non-hydrogen) atoms. The molecule has 0 bridgehead atoms. The molecule has 0 fully saturated rings. The van der Waals surface area contributed by atoms with Crippen molar-refractivity contribution >= 4 is 35.2 Å². The third-order valence-electron chi connectivity index (χ3n) is 2.54. The first kappa shape index (κ1) is 14.7. The summed E-state index contributed by atoms with van der Waals surface area (Å²) in [5, 5.41) is 9.98. The number of nitrogens with one attached hydrogen (secondary N) is 2. The maximum Gasteiger partial charge on any atom is 0.233 e. The number of halogens is 1. The minimum Gasteiger partial charge on any atom is -0.368 e. The fourth-order valence-electron chi connectivity index (χ4n) is 1.49. The number of anilines is 1. The minimum atomic E-state index is -0.326. The van der Waals surface area contributed by atoms with E-state index in [9.17, 15) is 4.79 Å². The van der Waals surface area contributed by atoms with Gasteiger partial charge in [-0.15, -0.1) is 5.10 Å². The summed E-state index contributed by atoms with van der Waals surface area (Å²) in [6.07, 6.45) is 0. The van der Waals surface area contributed by atoms with Gasteiger partial charge < -0.3 is 11.1 Å². The lowest BCUT2D eigenvalue weighted by Crippen LogP contribution is -2.30. The van der Waals surface area contributed by atoms with Gasteiger partial charge in [-0.25, -0.2) is 5.10 Å². The SMILES string of the molecule is CC(Sc1n[nH]c(N)n1)C(=O)NCc1ccccc1Cl. The highest BCUT2D eigenvalue weighted by Gasteiger charge is 2.16. The fraction of sp³-hybridized carbons (Fsp3) is 0.250. The van der Waals surface area contributed by atoms with Crippen molar-refractivity contribution < 1.29 is 4.79 Å². The van der Waals surface area contributed by atoms with Crippen LogP contribution in [-0.4, -0.2) is 26.3 Å². The highest BCUT2D eigenvalue weighted by Crippen LogP contribution is 2.20. The second-order valence-electron chi connectivity index (χ2n) is 4.07. The highest BCUT2D eigenvalue weighted by molar-refractivity contribution is 8.00. The van der Waals surface area contributed by atoms with Crippen LogP contribution in [-0.2, 0) is 11.3 Å². The lowest BCUT2D eigenvalue weighted by molar-refractivity contribution is -0.120. The molecule has 0 spiro atoms. The van der Waals surface area contributed by atoms with Crippen molar-refractivity contribution in [3.8, 4) is 0 Å². The Balaban J connectivity index is 1.87. The van der Waals surface area contributed by atoms with Gasteiger partial charge >= 0.3 is 0 Å². The molecule has 1 unspecified atom stereocenters. The van der Waals surface area contributed by atoms with Crippen LogP contribution in [0.25, 0.3) is 0 Å². The number of aromatic amines is 1. The van der Waals surface area contributed by atoms with Crippen LogP contribution >= 0.6 is 23.4 Å². The Morgan fingerprint density at radius 2 is 2.30 bits per heavy atom. The molecule has 1 amide bonds. The molecule has 6 nitrogen and oxygen atoms in total. The summed E-state index contributed by atoms with van der Waals surface area (Å²) in [6, 6.07) is 7.38. The Kier molecular flexibility index (Phi) is 4.86. The van der Waals surface area contributed by atoms with E-state index < -0.39 is 0 Å². The number of rotatable bonds is 5. The van der Waals surface area contributed by atoms with E-state index in [1.54, 1.807) is 13.0 Å². The molecule has 0 aliphatic heterocycles. The number of carbonyl (C=O) groups excluding carboxylic acids is 1. The Morgan fingerprint density at radius 1 is 1.55 bits per heavy atom. The van der Waals surface area contributed by atoms with Crippen LogP contribution in [0.3, 0.4) is 0 Å². The van der Waals surface area contributed by atoms with Crippen molar-refractivity contribution in [3.63, 3.8) is 0 Å². The summed E-state index contributed by atoms with van der Waals surface area (Å²) in [6.45, 7) is 2.17. The van der Waals surface area contributed by atoms with Crippen molar-refractivity contribution in [1.82, 2.24) is 20.5 Å². The van der Waals surface area contributed by atoms with E-state index in [0.29, 0.717) is 16.7 Å². The van der Waals surface area contributed by atoms with Crippen molar-refractivity contribution in [3.05, 3.63) is 34.9 Å². The largest absolute Gasteiger partial charge is 0.368 e. The van der Waals surface area contributed by atoms with Crippen LogP contribution in [0.4, 0.5) is 5.95 Å². The van der Waals surface area contributed by atoms with Gasteiger partial charge in [0.15, 0.2) is 0 Å². The van der Waals surface area contributed by atoms with E-state index in [4.69, 9.17) is 17.3 Å². The number of aromatic nitrogens is 3. The van der Waals surface area contributed by atoms with Gasteiger partial charge in [0, 0.05) is 11.6 Å². The number of hydrogen-bond acceptors (Lipinski definition) is 5. The van der Waals surface area contributed by atoms with Crippen molar-refractivity contribution in [1.29, 1.82) is 0 Å². The van der Waals surface area contributed by atoms with Gasteiger partial charge in [0.2, 0.25) is 17.0 Å². The summed E-state index contributed by atoms with van der Waals surface area (Å²) < 4.78 is 0. The summed E-state index contributed by atoms with van der Waals surface area (Å²) >= 11 is 7.26. The van der Waals surface area contributed by atoms with E-state index in [-0.39, 0.29) is 17.1 Å². The van der Waals surface area contributed by atoms with E-state index in [0.717, 1.165) is 5.56 Å². The van der Waals surface area contributed by atoms with Gasteiger partial charge in [-0.2, -0.15) is 4.98 Å². The fourth-order valence-corrected chi connectivity index (χ4v) is 2.45. The van der Waals surface area contributed by atoms with Gasteiger partial charge in [-0.3, -0.25) is 4.79 Å². The van der Waals surface area contributed by atoms with E-state index in [1.165, 1.54) is 11.8 Å². The first-order valence-corrected chi connectivity index (χ1v) is 7.17. The molecule has 8 heteroatoms. The molecule has 0 aliphatic rings. The monoisotopic (exact) mass is 311 g/mol. The van der Waals surface area contributed by atoms with Gasteiger partial charge in [0.25, 0.3) is 0 Å². The summed E-state index contributed by atoms with van der Waals surface area (Å²) in [5.41, 5.74) is 6.30. The molecule has 0 saturated carbocycles. The standard InChI is InChI=1S/C12H14ClN5OS/c1-7(20-12-16-11(14)17-18-12)10(19)15-6-8-4-2-3-5-9(8)13/h2-5,7H,6H2,1H3,(H,15,19)(H3,14,16,17,18). The predicted octanol–water partition coefficient (Wildman–Crippen LogP) is 1.84. The number of hydrogen-bond donors (Lipinski definition) is 3. The molecule has 1 atom stereocenters. The van der Waals surface area contributed by atoms with E-state index in [1.807, 2.05) is 18.2 Å². The molecule has 0 saturated heterocycles. The summed E-state index contributed by atoms with van der Waals surface area (Å²) in [7, 11) is 0. The first-order chi connectivity index (χ1) is 9.56. The van der Waals surface area contributed by atoms with Crippen LogP contribution in [0.2, 0.25) is 5.02 Å². The van der Waals surface area contributed by atoms with Gasteiger partial charge in [0.05, 0.1) is 5.25 Å². The summed E-state index contributed by atoms with van der Waals surface area (Å²) in [4.78, 5) is 15.9. The molecule has 2 rings (SSSR count). The molecule has 2 aromatic rings. The van der Waals surface area contributed by atoms with Crippen molar-refractivity contribution in [2.75, 3.05) is 5.73 Å². The molecular formula is C12H14ClN5OS. The zero-order valence-electron chi connectivity index (χ0n) is 10.8. The molecule has 4 N–H and O–H groups in total. The minimum absolute atomic E-state index is 0.113. The Morgan fingerprint density at radius 3 is 2.95 bits per heavy atom. The topological polar surface area (TPSA) is 96.7 Å². The Labute approximate surface area is 125 Å². The Bertz CT molecular complexity index is 603. The third-order valence-corrected chi connectivity index (χ3v) is 3.87. The average Bonchev–Trinajstić information content (AvgIpc) is 2.82. The maximum absolute atomic E-state index is 12.0. The number of carbonyl (C=O) groups is 1. The molecule has 1 aromatic carbocycles. The Hall–Kier alpha value is -1.73. The molecule has 1 heterocycles. The second-order valence-corrected chi connectivity index (χ2v) is 5.79. The number of thioether (sulfide) groups is 1. The van der Waals surface area contributed by atoms with Crippen molar-refractivity contribution in [2.24, 2.45) is 0 Å². The summed E-state index contributed by atoms with van der Waals surface area (Å²) in [5.74, 6) is 0.120. The molecule has 1 aromatic heterocycles. The van der Waals surface area contributed by atoms with Crippen LogP contribution in [0, 0.1) is 0 Å². The number of nitrogens with two attached hydrogens (primary N) is 1. The van der Waals surface area contributed by atoms with Crippen LogP contribution < -0.4 is 11.1 Å². The van der Waals surface area contributed by atoms with Crippen LogP contribution in [0.5, 0.6) is 0 Å². The third kappa shape index (κ3) is 3.88. The molecule has 106 valence electrons. The molecule has 0 radical (unpaired) electrons. The number of amides is 1. The van der Waals surface area contributed by atoms with Gasteiger partial charge in [-0.05, 0) is 18.6 Å².